The largest absolute Gasteiger partial charge is 0.465 e. The van der Waals surface area contributed by atoms with Crippen LogP contribution in [0, 0.1) is 0 Å². The number of aryl methyl sites for hydroxylation is 2. The maximum Gasteiger partial charge on any atom is 0.341 e. The van der Waals surface area contributed by atoms with Crippen LogP contribution in [0.25, 0.3) is 0 Å². The van der Waals surface area contributed by atoms with Crippen molar-refractivity contribution in [3.05, 3.63) is 34.0 Å². The Labute approximate surface area is 169 Å². The van der Waals surface area contributed by atoms with E-state index in [1.807, 2.05) is 10.7 Å². The van der Waals surface area contributed by atoms with E-state index < -0.39 is 0 Å². The van der Waals surface area contributed by atoms with E-state index in [1.165, 1.54) is 24.8 Å². The zero-order chi connectivity index (χ0) is 19.2. The predicted octanol–water partition coefficient (Wildman–Crippen LogP) is 3.90. The van der Waals surface area contributed by atoms with Gasteiger partial charge >= 0.3 is 5.97 Å². The van der Waals surface area contributed by atoms with E-state index in [4.69, 9.17) is 17.0 Å². The molecule has 0 fully saturated rings. The van der Waals surface area contributed by atoms with E-state index in [2.05, 4.69) is 22.7 Å². The molecule has 0 aromatic carbocycles. The molecule has 2 aromatic heterocycles. The number of esters is 1. The highest BCUT2D eigenvalue weighted by molar-refractivity contribution is 7.80. The number of rotatable bonds is 5. The fourth-order valence-electron chi connectivity index (χ4n) is 3.44. The predicted molar refractivity (Wildman–Crippen MR) is 112 cm³/mol. The van der Waals surface area contributed by atoms with Gasteiger partial charge in [0.2, 0.25) is 0 Å². The molecule has 2 heterocycles. The van der Waals surface area contributed by atoms with Crippen LogP contribution in [-0.2, 0) is 30.7 Å². The number of methoxy groups -OCH3 is 1. The molecule has 3 rings (SSSR count). The Hall–Kier alpha value is -1.93. The number of nitrogens with one attached hydrogen (secondary N) is 2. The van der Waals surface area contributed by atoms with Crippen LogP contribution in [0.5, 0.6) is 0 Å². The van der Waals surface area contributed by atoms with E-state index in [1.54, 1.807) is 17.5 Å². The van der Waals surface area contributed by atoms with Crippen LogP contribution in [-0.4, -0.2) is 28.0 Å². The molecule has 0 saturated carbocycles. The van der Waals surface area contributed by atoms with Gasteiger partial charge in [-0.05, 0) is 56.5 Å². The van der Waals surface area contributed by atoms with Crippen LogP contribution in [0.3, 0.4) is 0 Å². The Balaban J connectivity index is 1.75. The molecule has 0 amide bonds. The zero-order valence-corrected chi connectivity index (χ0v) is 17.5. The number of thiophene rings is 1. The fourth-order valence-corrected chi connectivity index (χ4v) is 4.96. The average Bonchev–Trinajstić information content (AvgIpc) is 3.23. The highest BCUT2D eigenvalue weighted by Crippen LogP contribution is 2.37. The molecule has 8 heteroatoms. The third kappa shape index (κ3) is 4.68. The number of anilines is 1. The quantitative estimate of drug-likeness (QED) is 0.580. The van der Waals surface area contributed by atoms with Crippen LogP contribution < -0.4 is 10.6 Å². The summed E-state index contributed by atoms with van der Waals surface area (Å²) in [5.41, 5.74) is 2.86. The van der Waals surface area contributed by atoms with E-state index in [0.29, 0.717) is 17.2 Å². The van der Waals surface area contributed by atoms with Gasteiger partial charge in [-0.3, -0.25) is 4.68 Å². The summed E-state index contributed by atoms with van der Waals surface area (Å²) >= 11 is 7.10. The molecule has 2 N–H and O–H groups in total. The van der Waals surface area contributed by atoms with Crippen molar-refractivity contribution in [1.82, 2.24) is 15.1 Å². The Morgan fingerprint density at radius 1 is 1.33 bits per heavy atom. The normalized spacial score (nSPS) is 14.0. The van der Waals surface area contributed by atoms with Crippen molar-refractivity contribution in [3.8, 4) is 0 Å². The third-order valence-corrected chi connectivity index (χ3v) is 6.28. The lowest BCUT2D eigenvalue weighted by atomic mass is 9.96. The topological polar surface area (TPSA) is 68.2 Å². The van der Waals surface area contributed by atoms with Gasteiger partial charge in [0.25, 0.3) is 0 Å². The molecule has 1 aliphatic rings. The van der Waals surface area contributed by atoms with Crippen molar-refractivity contribution in [3.63, 3.8) is 0 Å². The van der Waals surface area contributed by atoms with Crippen LogP contribution in [0.15, 0.2) is 12.3 Å². The van der Waals surface area contributed by atoms with Crippen molar-refractivity contribution in [2.75, 3.05) is 12.4 Å². The summed E-state index contributed by atoms with van der Waals surface area (Å²) in [4.78, 5) is 13.7. The Morgan fingerprint density at radius 2 is 2.11 bits per heavy atom. The van der Waals surface area contributed by atoms with Crippen LogP contribution in [0.2, 0.25) is 0 Å². The smallest absolute Gasteiger partial charge is 0.341 e. The van der Waals surface area contributed by atoms with Crippen molar-refractivity contribution in [2.24, 2.45) is 0 Å². The molecule has 27 heavy (non-hydrogen) atoms. The average molecular weight is 407 g/mol. The lowest BCUT2D eigenvalue weighted by molar-refractivity contribution is 0.0601. The van der Waals surface area contributed by atoms with Crippen LogP contribution in [0.4, 0.5) is 5.00 Å². The minimum atomic E-state index is -0.289. The van der Waals surface area contributed by atoms with Gasteiger partial charge in [-0.25, -0.2) is 4.79 Å². The fraction of sp³-hybridized carbons (Fsp3) is 0.526. The second-order valence-corrected chi connectivity index (χ2v) is 8.07. The molecule has 0 unspecified atom stereocenters. The highest BCUT2D eigenvalue weighted by atomic mass is 32.1. The number of carbonyl (C=O) groups excluding carboxylic acids is 1. The minimum Gasteiger partial charge on any atom is -0.465 e. The van der Waals surface area contributed by atoms with Crippen molar-refractivity contribution in [1.29, 1.82) is 0 Å². The number of carbonyl (C=O) groups is 1. The molecule has 0 bridgehead atoms. The zero-order valence-electron chi connectivity index (χ0n) is 15.8. The molecule has 2 aromatic rings. The number of nitrogens with zero attached hydrogens (tertiary/aromatic N) is 2. The second-order valence-electron chi connectivity index (χ2n) is 6.56. The van der Waals surface area contributed by atoms with E-state index in [0.717, 1.165) is 48.5 Å². The van der Waals surface area contributed by atoms with Crippen LogP contribution in [0.1, 0.15) is 59.1 Å². The molecule has 6 nitrogen and oxygen atoms in total. The Morgan fingerprint density at radius 3 is 2.85 bits per heavy atom. The molecule has 0 radical (unpaired) electrons. The summed E-state index contributed by atoms with van der Waals surface area (Å²) in [6.07, 6.45) is 8.46. The number of fused-ring (bicyclic) bond motifs is 1. The number of ether oxygens (including phenoxy) is 1. The minimum absolute atomic E-state index is 0.289. The second kappa shape index (κ2) is 9.32. The molecule has 1 aliphatic carbocycles. The number of hydrogen-bond donors (Lipinski definition) is 2. The Kier molecular flexibility index (Phi) is 6.84. The van der Waals surface area contributed by atoms with Gasteiger partial charge in [-0.15, -0.1) is 11.3 Å². The maximum atomic E-state index is 12.4. The van der Waals surface area contributed by atoms with Gasteiger partial charge < -0.3 is 15.4 Å². The first-order valence-corrected chi connectivity index (χ1v) is 10.6. The first kappa shape index (κ1) is 19.8. The molecule has 0 atom stereocenters. The first-order chi connectivity index (χ1) is 13.1. The maximum absolute atomic E-state index is 12.4. The number of thiocarbonyl (C=S) groups is 1. The molecule has 0 spiro atoms. The highest BCUT2D eigenvalue weighted by Gasteiger charge is 2.25. The summed E-state index contributed by atoms with van der Waals surface area (Å²) in [6, 6.07) is 1.97. The molecule has 146 valence electrons. The lowest BCUT2D eigenvalue weighted by Crippen LogP contribution is -2.29. The number of aromatic nitrogens is 2. The van der Waals surface area contributed by atoms with Gasteiger partial charge in [0.15, 0.2) is 5.11 Å². The summed E-state index contributed by atoms with van der Waals surface area (Å²) < 4.78 is 6.98. The molecular weight excluding hydrogens is 380 g/mol. The van der Waals surface area contributed by atoms with Crippen molar-refractivity contribution < 1.29 is 9.53 Å². The van der Waals surface area contributed by atoms with Gasteiger partial charge in [0.05, 0.1) is 24.9 Å². The van der Waals surface area contributed by atoms with Crippen molar-refractivity contribution in [2.45, 2.75) is 58.5 Å². The summed E-state index contributed by atoms with van der Waals surface area (Å²) in [5, 5.41) is 12.0. The van der Waals surface area contributed by atoms with Gasteiger partial charge in [0, 0.05) is 17.6 Å². The van der Waals surface area contributed by atoms with Crippen molar-refractivity contribution >= 4 is 39.6 Å². The van der Waals surface area contributed by atoms with E-state index in [-0.39, 0.29) is 5.97 Å². The standard InChI is InChI=1S/C19H26N4O2S2/c1-3-23-13(10-11-21-23)12-20-19(26)22-17-16(18(24)25-2)14-8-6-4-5-7-9-15(14)27-17/h10-11H,3-9,12H2,1-2H3,(H2,20,22,26). The summed E-state index contributed by atoms with van der Waals surface area (Å²) in [7, 11) is 1.43. The van der Waals surface area contributed by atoms with Gasteiger partial charge in [-0.1, -0.05) is 12.8 Å². The Bertz CT molecular complexity index is 813. The van der Waals surface area contributed by atoms with E-state index >= 15 is 0 Å². The molecule has 0 saturated heterocycles. The van der Waals surface area contributed by atoms with Gasteiger partial charge in [-0.2, -0.15) is 5.10 Å². The molecular formula is C19H26N4O2S2. The number of hydrogen-bond acceptors (Lipinski definition) is 5. The molecule has 0 aliphatic heterocycles. The summed E-state index contributed by atoms with van der Waals surface area (Å²) in [5.74, 6) is -0.289. The van der Waals surface area contributed by atoms with Gasteiger partial charge in [0.1, 0.15) is 5.00 Å². The summed E-state index contributed by atoms with van der Waals surface area (Å²) in [6.45, 7) is 3.45. The monoisotopic (exact) mass is 406 g/mol. The SMILES string of the molecule is CCn1nccc1CNC(=S)Nc1sc2c(c1C(=O)OC)CCCCCC2. The first-order valence-electron chi connectivity index (χ1n) is 9.42. The lowest BCUT2D eigenvalue weighted by Gasteiger charge is -2.12. The third-order valence-electron chi connectivity index (χ3n) is 4.82. The van der Waals surface area contributed by atoms with E-state index in [9.17, 15) is 4.79 Å². The van der Waals surface area contributed by atoms with Crippen LogP contribution >= 0.6 is 23.6 Å².